The number of fused-ring (bicyclic) bond motifs is 1. The molecule has 1 aliphatic heterocycles. The molecule has 1 aromatic heterocycles. The van der Waals surface area contributed by atoms with Crippen LogP contribution in [0.5, 0.6) is 0 Å². The molecular weight excluding hydrogens is 162 g/mol. The molecule has 13 heavy (non-hydrogen) atoms. The Morgan fingerprint density at radius 1 is 1.54 bits per heavy atom. The zero-order valence-electron chi connectivity index (χ0n) is 8.26. The molecule has 0 amide bonds. The van der Waals surface area contributed by atoms with Crippen LogP contribution in [0.25, 0.3) is 0 Å². The molecule has 0 bridgehead atoms. The Balaban J connectivity index is 2.70. The predicted octanol–water partition coefficient (Wildman–Crippen LogP) is 1.67. The van der Waals surface area contributed by atoms with Crippen molar-refractivity contribution in [3.63, 3.8) is 0 Å². The zero-order valence-corrected chi connectivity index (χ0v) is 8.26. The van der Waals surface area contributed by atoms with E-state index in [0.29, 0.717) is 0 Å². The lowest BCUT2D eigenvalue weighted by molar-refractivity contribution is 0.710. The van der Waals surface area contributed by atoms with Gasteiger partial charge in [-0.05, 0) is 37.8 Å². The molecule has 0 unspecified atom stereocenters. The molecule has 0 atom stereocenters. The summed E-state index contributed by atoms with van der Waals surface area (Å²) in [7, 11) is 0. The number of pyridine rings is 1. The largest absolute Gasteiger partial charge is 0.312 e. The molecule has 0 saturated carbocycles. The topological polar surface area (TPSA) is 22.0 Å². The first-order valence-corrected chi connectivity index (χ1v) is 4.96. The van der Waals surface area contributed by atoms with E-state index in [9.17, 15) is 4.79 Å². The summed E-state index contributed by atoms with van der Waals surface area (Å²) in [5.41, 5.74) is 3.74. The van der Waals surface area contributed by atoms with E-state index in [1.807, 2.05) is 11.5 Å². The quantitative estimate of drug-likeness (QED) is 0.639. The number of hydrogen-bond acceptors (Lipinski definition) is 1. The third kappa shape index (κ3) is 1.21. The molecule has 2 nitrogen and oxygen atoms in total. The number of aromatic nitrogens is 1. The highest BCUT2D eigenvalue weighted by atomic mass is 16.1. The molecule has 1 aliphatic rings. The lowest BCUT2D eigenvalue weighted by Crippen LogP contribution is -2.23. The van der Waals surface area contributed by atoms with E-state index in [1.165, 1.54) is 11.3 Å². The molecule has 0 N–H and O–H groups in total. The van der Waals surface area contributed by atoms with Crippen molar-refractivity contribution in [2.24, 2.45) is 0 Å². The first kappa shape index (κ1) is 8.54. The van der Waals surface area contributed by atoms with Crippen molar-refractivity contribution < 1.29 is 0 Å². The fourth-order valence-corrected chi connectivity index (χ4v) is 2.14. The average Bonchev–Trinajstić information content (AvgIpc) is 2.60. The normalized spacial score (nSPS) is 14.6. The maximum Gasteiger partial charge on any atom is 0.253 e. The van der Waals surface area contributed by atoms with E-state index < -0.39 is 0 Å². The van der Waals surface area contributed by atoms with Crippen molar-refractivity contribution in [2.45, 2.75) is 39.7 Å². The first-order valence-electron chi connectivity index (χ1n) is 4.96. The Morgan fingerprint density at radius 3 is 3.00 bits per heavy atom. The van der Waals surface area contributed by atoms with Crippen LogP contribution in [-0.2, 0) is 19.4 Å². The van der Waals surface area contributed by atoms with Crippen LogP contribution in [0.4, 0.5) is 0 Å². The van der Waals surface area contributed by atoms with Gasteiger partial charge in [-0.25, -0.2) is 0 Å². The maximum absolute atomic E-state index is 11.8. The Kier molecular flexibility index (Phi) is 1.98. The minimum Gasteiger partial charge on any atom is -0.312 e. The molecule has 0 aromatic carbocycles. The summed E-state index contributed by atoms with van der Waals surface area (Å²) in [5, 5.41) is 0. The van der Waals surface area contributed by atoms with Crippen LogP contribution < -0.4 is 5.56 Å². The van der Waals surface area contributed by atoms with Gasteiger partial charge in [-0.3, -0.25) is 4.79 Å². The van der Waals surface area contributed by atoms with Crippen molar-refractivity contribution in [3.05, 3.63) is 33.2 Å². The van der Waals surface area contributed by atoms with E-state index in [2.05, 4.69) is 13.0 Å². The van der Waals surface area contributed by atoms with Gasteiger partial charge < -0.3 is 4.57 Å². The van der Waals surface area contributed by atoms with Gasteiger partial charge in [0.2, 0.25) is 0 Å². The summed E-state index contributed by atoms with van der Waals surface area (Å²) in [6.07, 6.45) is 3.05. The smallest absolute Gasteiger partial charge is 0.253 e. The summed E-state index contributed by atoms with van der Waals surface area (Å²) in [4.78, 5) is 11.8. The molecule has 0 aliphatic carbocycles. The summed E-state index contributed by atoms with van der Waals surface area (Å²) >= 11 is 0. The Hall–Kier alpha value is -1.05. The average molecular weight is 177 g/mol. The summed E-state index contributed by atoms with van der Waals surface area (Å²) in [5.74, 6) is 0. The molecule has 2 heteroatoms. The van der Waals surface area contributed by atoms with Crippen LogP contribution in [0.3, 0.4) is 0 Å². The second-order valence-corrected chi connectivity index (χ2v) is 3.71. The van der Waals surface area contributed by atoms with Crippen molar-refractivity contribution >= 4 is 0 Å². The first-order chi connectivity index (χ1) is 6.24. The Morgan fingerprint density at radius 2 is 2.31 bits per heavy atom. The summed E-state index contributed by atoms with van der Waals surface area (Å²) < 4.78 is 1.95. The van der Waals surface area contributed by atoms with Crippen LogP contribution in [-0.4, -0.2) is 4.57 Å². The molecule has 0 fully saturated rings. The van der Waals surface area contributed by atoms with Gasteiger partial charge in [0.15, 0.2) is 0 Å². The lowest BCUT2D eigenvalue weighted by atomic mass is 10.1. The SMILES string of the molecule is CCc1cc(C)c2n(c1=O)CCC2. The van der Waals surface area contributed by atoms with E-state index in [1.54, 1.807) is 0 Å². The van der Waals surface area contributed by atoms with Crippen molar-refractivity contribution in [3.8, 4) is 0 Å². The fourth-order valence-electron chi connectivity index (χ4n) is 2.14. The number of nitrogens with zero attached hydrogens (tertiary/aromatic N) is 1. The number of rotatable bonds is 1. The minimum absolute atomic E-state index is 0.237. The van der Waals surface area contributed by atoms with Gasteiger partial charge in [-0.2, -0.15) is 0 Å². The van der Waals surface area contributed by atoms with Gasteiger partial charge in [0, 0.05) is 17.8 Å². The van der Waals surface area contributed by atoms with Crippen LogP contribution >= 0.6 is 0 Å². The molecule has 2 rings (SSSR count). The van der Waals surface area contributed by atoms with Gasteiger partial charge in [0.25, 0.3) is 5.56 Å². The van der Waals surface area contributed by atoms with E-state index in [0.717, 1.165) is 31.4 Å². The molecule has 2 heterocycles. The minimum atomic E-state index is 0.237. The highest BCUT2D eigenvalue weighted by Crippen LogP contribution is 2.16. The molecule has 0 radical (unpaired) electrons. The van der Waals surface area contributed by atoms with Crippen LogP contribution in [0.1, 0.15) is 30.2 Å². The van der Waals surface area contributed by atoms with Gasteiger partial charge in [0.1, 0.15) is 0 Å². The van der Waals surface area contributed by atoms with E-state index >= 15 is 0 Å². The Labute approximate surface area is 78.2 Å². The zero-order chi connectivity index (χ0) is 9.42. The summed E-state index contributed by atoms with van der Waals surface area (Å²) in [6.45, 7) is 5.07. The lowest BCUT2D eigenvalue weighted by Gasteiger charge is -2.08. The van der Waals surface area contributed by atoms with Gasteiger partial charge in [0.05, 0.1) is 0 Å². The van der Waals surface area contributed by atoms with E-state index in [4.69, 9.17) is 0 Å². The van der Waals surface area contributed by atoms with Gasteiger partial charge in [-0.1, -0.05) is 6.92 Å². The van der Waals surface area contributed by atoms with Crippen molar-refractivity contribution in [1.29, 1.82) is 0 Å². The Bertz CT molecular complexity index is 390. The third-order valence-electron chi connectivity index (χ3n) is 2.87. The van der Waals surface area contributed by atoms with Gasteiger partial charge in [-0.15, -0.1) is 0 Å². The molecule has 0 spiro atoms. The molecule has 1 aromatic rings. The third-order valence-corrected chi connectivity index (χ3v) is 2.87. The van der Waals surface area contributed by atoms with E-state index in [-0.39, 0.29) is 5.56 Å². The second-order valence-electron chi connectivity index (χ2n) is 3.71. The fraction of sp³-hybridized carbons (Fsp3) is 0.545. The predicted molar refractivity (Wildman–Crippen MR) is 53.1 cm³/mol. The van der Waals surface area contributed by atoms with Gasteiger partial charge >= 0.3 is 0 Å². The van der Waals surface area contributed by atoms with Crippen LogP contribution in [0, 0.1) is 6.92 Å². The number of hydrogen-bond donors (Lipinski definition) is 0. The summed E-state index contributed by atoms with van der Waals surface area (Å²) in [6, 6.07) is 2.06. The van der Waals surface area contributed by atoms with Crippen LogP contribution in [0.2, 0.25) is 0 Å². The van der Waals surface area contributed by atoms with Crippen molar-refractivity contribution in [1.82, 2.24) is 4.57 Å². The highest BCUT2D eigenvalue weighted by Gasteiger charge is 2.15. The molecule has 70 valence electrons. The monoisotopic (exact) mass is 177 g/mol. The second kappa shape index (κ2) is 3.02. The number of aryl methyl sites for hydroxylation is 2. The standard InChI is InChI=1S/C11H15NO/c1-3-9-7-8(2)10-5-4-6-12(10)11(9)13/h7H,3-6H2,1-2H3. The molecular formula is C11H15NO. The molecule has 0 saturated heterocycles. The van der Waals surface area contributed by atoms with Crippen LogP contribution in [0.15, 0.2) is 10.9 Å². The highest BCUT2D eigenvalue weighted by molar-refractivity contribution is 5.27. The van der Waals surface area contributed by atoms with Crippen molar-refractivity contribution in [2.75, 3.05) is 0 Å². The maximum atomic E-state index is 11.8.